The number of halogens is 1. The molecule has 0 amide bonds. The average Bonchev–Trinajstić information content (AvgIpc) is 2.34. The molecule has 2 rings (SSSR count). The smallest absolute Gasteiger partial charge is 0.176 e. The number of carbonyl (C=O) groups excluding carboxylic acids is 1. The van der Waals surface area contributed by atoms with E-state index in [2.05, 4.69) is 26.1 Å². The number of piperazine rings is 1. The van der Waals surface area contributed by atoms with E-state index >= 15 is 0 Å². The molecule has 0 radical (unpaired) electrons. The van der Waals surface area contributed by atoms with E-state index in [4.69, 9.17) is 0 Å². The summed E-state index contributed by atoms with van der Waals surface area (Å²) in [6, 6.07) is 5.79. The van der Waals surface area contributed by atoms with Crippen molar-refractivity contribution in [2.45, 2.75) is 6.92 Å². The van der Waals surface area contributed by atoms with E-state index in [1.807, 2.05) is 25.1 Å². The van der Waals surface area contributed by atoms with Gasteiger partial charge in [0.25, 0.3) is 0 Å². The number of carbonyl (C=O) groups is 1. The van der Waals surface area contributed by atoms with E-state index in [0.29, 0.717) is 6.54 Å². The minimum atomic E-state index is 0.211. The van der Waals surface area contributed by atoms with Crippen molar-refractivity contribution in [3.8, 4) is 0 Å². The molecule has 0 aliphatic carbocycles. The van der Waals surface area contributed by atoms with Crippen molar-refractivity contribution in [3.63, 3.8) is 0 Å². The zero-order valence-electron chi connectivity index (χ0n) is 10.0. The lowest BCUT2D eigenvalue weighted by molar-refractivity contribution is 0.0921. The second kappa shape index (κ2) is 5.76. The number of ketones is 1. The van der Waals surface area contributed by atoms with Gasteiger partial charge >= 0.3 is 0 Å². The molecule has 92 valence electrons. The first-order valence-electron chi connectivity index (χ1n) is 5.89. The first-order valence-corrected chi connectivity index (χ1v) is 6.68. The molecule has 0 atom stereocenters. The van der Waals surface area contributed by atoms with Crippen LogP contribution in [-0.4, -0.2) is 43.4 Å². The van der Waals surface area contributed by atoms with Crippen molar-refractivity contribution < 1.29 is 4.79 Å². The Morgan fingerprint density at radius 2 is 2.12 bits per heavy atom. The van der Waals surface area contributed by atoms with E-state index in [9.17, 15) is 4.79 Å². The Morgan fingerprint density at radius 3 is 2.76 bits per heavy atom. The molecule has 0 bridgehead atoms. The SMILES string of the molecule is Cc1cc(C(=O)CN2CCNCC2)ccc1Br. The molecule has 3 nitrogen and oxygen atoms in total. The van der Waals surface area contributed by atoms with Gasteiger partial charge < -0.3 is 5.32 Å². The maximum Gasteiger partial charge on any atom is 0.176 e. The number of rotatable bonds is 3. The number of aryl methyl sites for hydroxylation is 1. The first-order chi connectivity index (χ1) is 8.16. The fraction of sp³-hybridized carbons (Fsp3) is 0.462. The summed E-state index contributed by atoms with van der Waals surface area (Å²) < 4.78 is 1.05. The van der Waals surface area contributed by atoms with E-state index in [0.717, 1.165) is 41.8 Å². The lowest BCUT2D eigenvalue weighted by atomic mass is 10.1. The molecule has 1 saturated heterocycles. The van der Waals surface area contributed by atoms with Crippen molar-refractivity contribution >= 4 is 21.7 Å². The fourth-order valence-electron chi connectivity index (χ4n) is 1.98. The maximum absolute atomic E-state index is 12.1. The number of hydrogen-bond donors (Lipinski definition) is 1. The quantitative estimate of drug-likeness (QED) is 0.864. The Morgan fingerprint density at radius 1 is 1.41 bits per heavy atom. The summed E-state index contributed by atoms with van der Waals surface area (Å²) in [6.07, 6.45) is 0. The van der Waals surface area contributed by atoms with Gasteiger partial charge in [-0.1, -0.05) is 22.0 Å². The predicted molar refractivity (Wildman–Crippen MR) is 72.5 cm³/mol. The van der Waals surface area contributed by atoms with Crippen molar-refractivity contribution in [2.75, 3.05) is 32.7 Å². The van der Waals surface area contributed by atoms with Gasteiger partial charge in [-0.2, -0.15) is 0 Å². The van der Waals surface area contributed by atoms with Gasteiger partial charge in [0.2, 0.25) is 0 Å². The molecule has 17 heavy (non-hydrogen) atoms. The summed E-state index contributed by atoms with van der Waals surface area (Å²) in [4.78, 5) is 14.3. The second-order valence-electron chi connectivity index (χ2n) is 4.41. The highest BCUT2D eigenvalue weighted by Gasteiger charge is 2.15. The molecular weight excluding hydrogens is 280 g/mol. The van der Waals surface area contributed by atoms with Crippen molar-refractivity contribution in [2.24, 2.45) is 0 Å². The Hall–Kier alpha value is -0.710. The zero-order chi connectivity index (χ0) is 12.3. The normalized spacial score (nSPS) is 17.1. The zero-order valence-corrected chi connectivity index (χ0v) is 11.6. The minimum Gasteiger partial charge on any atom is -0.314 e. The van der Waals surface area contributed by atoms with Crippen LogP contribution in [-0.2, 0) is 0 Å². The third-order valence-electron chi connectivity index (χ3n) is 3.06. The minimum absolute atomic E-state index is 0.211. The highest BCUT2D eigenvalue weighted by Crippen LogP contribution is 2.17. The molecule has 1 heterocycles. The molecule has 1 aliphatic heterocycles. The summed E-state index contributed by atoms with van der Waals surface area (Å²) in [6.45, 7) is 6.41. The Bertz CT molecular complexity index is 414. The summed E-state index contributed by atoms with van der Waals surface area (Å²) >= 11 is 3.45. The molecule has 1 aromatic carbocycles. The van der Waals surface area contributed by atoms with E-state index < -0.39 is 0 Å². The van der Waals surface area contributed by atoms with Gasteiger partial charge in [-0.15, -0.1) is 0 Å². The first kappa shape index (κ1) is 12.7. The monoisotopic (exact) mass is 296 g/mol. The highest BCUT2D eigenvalue weighted by molar-refractivity contribution is 9.10. The number of nitrogens with zero attached hydrogens (tertiary/aromatic N) is 1. The number of nitrogens with one attached hydrogen (secondary N) is 1. The van der Waals surface area contributed by atoms with Crippen LogP contribution in [0.15, 0.2) is 22.7 Å². The summed E-state index contributed by atoms with van der Waals surface area (Å²) in [5.74, 6) is 0.211. The van der Waals surface area contributed by atoms with Crippen LogP contribution in [0.4, 0.5) is 0 Å². The maximum atomic E-state index is 12.1. The molecule has 1 aromatic rings. The van der Waals surface area contributed by atoms with Crippen molar-refractivity contribution in [1.82, 2.24) is 10.2 Å². The van der Waals surface area contributed by atoms with Crippen LogP contribution >= 0.6 is 15.9 Å². The lowest BCUT2D eigenvalue weighted by Crippen LogP contribution is -2.45. The van der Waals surface area contributed by atoms with E-state index in [1.54, 1.807) is 0 Å². The van der Waals surface area contributed by atoms with E-state index in [1.165, 1.54) is 0 Å². The summed E-state index contributed by atoms with van der Waals surface area (Å²) in [7, 11) is 0. The van der Waals surface area contributed by atoms with Crippen LogP contribution in [0.1, 0.15) is 15.9 Å². The highest BCUT2D eigenvalue weighted by atomic mass is 79.9. The predicted octanol–water partition coefficient (Wildman–Crippen LogP) is 1.85. The Kier molecular flexibility index (Phi) is 4.31. The second-order valence-corrected chi connectivity index (χ2v) is 5.27. The van der Waals surface area contributed by atoms with Crippen LogP contribution in [0.3, 0.4) is 0 Å². The molecule has 0 unspecified atom stereocenters. The van der Waals surface area contributed by atoms with E-state index in [-0.39, 0.29) is 5.78 Å². The van der Waals surface area contributed by atoms with Crippen LogP contribution in [0.25, 0.3) is 0 Å². The van der Waals surface area contributed by atoms with Gasteiger partial charge in [-0.25, -0.2) is 0 Å². The number of benzene rings is 1. The van der Waals surface area contributed by atoms with Gasteiger partial charge in [0.15, 0.2) is 5.78 Å². The van der Waals surface area contributed by atoms with Gasteiger partial charge in [0.1, 0.15) is 0 Å². The molecule has 0 aromatic heterocycles. The van der Waals surface area contributed by atoms with Crippen molar-refractivity contribution in [1.29, 1.82) is 0 Å². The fourth-order valence-corrected chi connectivity index (χ4v) is 2.23. The summed E-state index contributed by atoms with van der Waals surface area (Å²) in [5, 5.41) is 3.29. The average molecular weight is 297 g/mol. The van der Waals surface area contributed by atoms with Gasteiger partial charge in [0, 0.05) is 36.2 Å². The van der Waals surface area contributed by atoms with Crippen LogP contribution in [0.2, 0.25) is 0 Å². The summed E-state index contributed by atoms with van der Waals surface area (Å²) in [5.41, 5.74) is 1.92. The topological polar surface area (TPSA) is 32.3 Å². The third-order valence-corrected chi connectivity index (χ3v) is 3.95. The molecular formula is C13H17BrN2O. The molecule has 1 aliphatic rings. The van der Waals surface area contributed by atoms with Gasteiger partial charge in [-0.05, 0) is 24.6 Å². The molecule has 4 heteroatoms. The number of Topliss-reactive ketones (excluding diaryl/α,β-unsaturated/α-hetero) is 1. The largest absolute Gasteiger partial charge is 0.314 e. The lowest BCUT2D eigenvalue weighted by Gasteiger charge is -2.26. The standard InChI is InChI=1S/C13H17BrN2O/c1-10-8-11(2-3-12(10)14)13(17)9-16-6-4-15-5-7-16/h2-3,8,15H,4-7,9H2,1H3. The number of hydrogen-bond acceptors (Lipinski definition) is 3. The van der Waals surface area contributed by atoms with Crippen LogP contribution < -0.4 is 5.32 Å². The van der Waals surface area contributed by atoms with Crippen LogP contribution in [0.5, 0.6) is 0 Å². The molecule has 1 fully saturated rings. The third kappa shape index (κ3) is 3.37. The molecule has 1 N–H and O–H groups in total. The Labute approximate surface area is 110 Å². The van der Waals surface area contributed by atoms with Gasteiger partial charge in [-0.3, -0.25) is 9.69 Å². The van der Waals surface area contributed by atoms with Crippen molar-refractivity contribution in [3.05, 3.63) is 33.8 Å². The van der Waals surface area contributed by atoms with Crippen LogP contribution in [0, 0.1) is 6.92 Å². The molecule has 0 spiro atoms. The molecule has 0 saturated carbocycles. The Balaban J connectivity index is 2.01. The van der Waals surface area contributed by atoms with Gasteiger partial charge in [0.05, 0.1) is 6.54 Å².